The molecule has 5 aromatic carbocycles. The molecular formula is C118H174N6O17S2. The van der Waals surface area contributed by atoms with Gasteiger partial charge in [0, 0.05) is 75.5 Å². The number of nitriles is 1. The third kappa shape index (κ3) is 59.3. The van der Waals surface area contributed by atoms with Crippen LogP contribution in [-0.4, -0.2) is 170 Å². The van der Waals surface area contributed by atoms with Crippen molar-refractivity contribution in [3.63, 3.8) is 0 Å². The highest BCUT2D eigenvalue weighted by molar-refractivity contribution is 7.96. The van der Waals surface area contributed by atoms with Crippen molar-refractivity contribution >= 4 is 72.6 Å². The Morgan fingerprint density at radius 2 is 0.594 bits per heavy atom. The Balaban J connectivity index is 0.000000904. The van der Waals surface area contributed by atoms with Crippen LogP contribution in [0.15, 0.2) is 280 Å². The number of unbranched alkanes of at least 4 members (excludes halogenated alkanes) is 27. The Hall–Kier alpha value is -11.6. The van der Waals surface area contributed by atoms with Gasteiger partial charge in [-0.25, -0.2) is 45.6 Å². The van der Waals surface area contributed by atoms with Gasteiger partial charge in [-0.1, -0.05) is 311 Å². The van der Waals surface area contributed by atoms with E-state index in [1.165, 1.54) is 164 Å². The minimum absolute atomic E-state index is 0.0501. The van der Waals surface area contributed by atoms with Gasteiger partial charge in [0.25, 0.3) is 0 Å². The number of carbonyl (C=O) groups excluding carboxylic acids is 7. The van der Waals surface area contributed by atoms with Crippen LogP contribution >= 0.6 is 0 Å². The molecule has 0 saturated carbocycles. The SMILES string of the molecule is CCCCCCCCCOC(=O)/C(=C/C=C/N(C)C)C(=O)c1ccccc1.CCCCCCCCCOC(=O)/C(C#N)=C/C=C/N(CC)CC.CCCCCCCCOC(=O)/C(=C/C=C/N(C(C)C)C(C)C)S(=O)(=O)c1ccccc1.CCCCCCCCOC(=O)/C(=C/C=C/N(CC)CC)C(=O)OCC.CCCCCCCCOC(=O)/C(=C/C=C/N(c1ccccc1)c1ccccc1)S(=O)(=O)c1ccccc1. The van der Waals surface area contributed by atoms with Crippen LogP contribution in [0.4, 0.5) is 11.4 Å². The molecule has 0 heterocycles. The number of hydrogen-bond donors (Lipinski definition) is 0. The van der Waals surface area contributed by atoms with Crippen molar-refractivity contribution in [1.82, 2.24) is 19.6 Å². The van der Waals surface area contributed by atoms with E-state index in [1.807, 2.05) is 129 Å². The van der Waals surface area contributed by atoms with Crippen LogP contribution in [0, 0.1) is 11.3 Å². The quantitative estimate of drug-likeness (QED) is 0.00402. The van der Waals surface area contributed by atoms with Gasteiger partial charge in [0.1, 0.15) is 22.8 Å². The van der Waals surface area contributed by atoms with Gasteiger partial charge in [-0.3, -0.25) is 4.79 Å². The van der Waals surface area contributed by atoms with E-state index in [0.717, 1.165) is 127 Å². The molecule has 0 aromatic heterocycles. The molecule has 25 heteroatoms. The first-order valence-corrected chi connectivity index (χ1v) is 55.4. The lowest BCUT2D eigenvalue weighted by atomic mass is 10.0. The average molecular weight is 2010 g/mol. The van der Waals surface area contributed by atoms with Gasteiger partial charge in [-0.15, -0.1) is 0 Å². The second kappa shape index (κ2) is 83.8. The number of esters is 6. The number of ketones is 1. The molecular weight excluding hydrogens is 1840 g/mol. The van der Waals surface area contributed by atoms with Crippen molar-refractivity contribution < 1.29 is 78.8 Å². The highest BCUT2D eigenvalue weighted by Gasteiger charge is 2.30. The van der Waals surface area contributed by atoms with Crippen molar-refractivity contribution in [1.29, 1.82) is 5.26 Å². The molecule has 0 aliphatic rings. The van der Waals surface area contributed by atoms with Crippen molar-refractivity contribution in [3.05, 3.63) is 276 Å². The monoisotopic (exact) mass is 2010 g/mol. The predicted molar refractivity (Wildman–Crippen MR) is 584 cm³/mol. The summed E-state index contributed by atoms with van der Waals surface area (Å²) in [6.07, 6.45) is 60.1. The van der Waals surface area contributed by atoms with Crippen LogP contribution in [0.5, 0.6) is 0 Å². The number of hydrogen-bond acceptors (Lipinski definition) is 23. The van der Waals surface area contributed by atoms with E-state index in [4.69, 9.17) is 33.7 Å². The summed E-state index contributed by atoms with van der Waals surface area (Å²) in [5.41, 5.74) is 2.33. The lowest BCUT2D eigenvalue weighted by Gasteiger charge is -2.29. The summed E-state index contributed by atoms with van der Waals surface area (Å²) in [6.45, 7) is 34.3. The number of benzene rings is 5. The summed E-state index contributed by atoms with van der Waals surface area (Å²) in [5, 5.41) is 9.03. The molecule has 0 spiro atoms. The topological polar surface area (TPSA) is 283 Å². The van der Waals surface area contributed by atoms with Gasteiger partial charge in [0.05, 0.1) is 49.4 Å². The fourth-order valence-corrected chi connectivity index (χ4v) is 16.7. The molecule has 23 nitrogen and oxygen atoms in total. The van der Waals surface area contributed by atoms with E-state index in [2.05, 4.69) is 90.9 Å². The first kappa shape index (κ1) is 129. The third-order valence-electron chi connectivity index (χ3n) is 22.4. The number of Topliss-reactive ketones (excluding diaryl/α,β-unsaturated/α-hetero) is 1. The Morgan fingerprint density at radius 3 is 0.923 bits per heavy atom. The number of rotatable bonds is 68. The maximum absolute atomic E-state index is 13.4. The van der Waals surface area contributed by atoms with Gasteiger partial charge in [-0.2, -0.15) is 5.26 Å². The smallest absolute Gasteiger partial charge is 0.350 e. The summed E-state index contributed by atoms with van der Waals surface area (Å²) in [5.74, 6) is -4.30. The lowest BCUT2D eigenvalue weighted by molar-refractivity contribution is -0.147. The zero-order chi connectivity index (χ0) is 106. The molecule has 5 aromatic rings. The Bertz CT molecular complexity index is 4830. The Morgan fingerprint density at radius 1 is 0.315 bits per heavy atom. The summed E-state index contributed by atoms with van der Waals surface area (Å²) in [7, 11) is -4.29. The number of sulfone groups is 2. The van der Waals surface area contributed by atoms with Crippen LogP contribution < -0.4 is 4.90 Å². The number of carbonyl (C=O) groups is 7. The van der Waals surface area contributed by atoms with E-state index in [9.17, 15) is 50.4 Å². The van der Waals surface area contributed by atoms with Gasteiger partial charge in [0.15, 0.2) is 15.6 Å². The number of para-hydroxylation sites is 2. The minimum Gasteiger partial charge on any atom is -0.462 e. The minimum atomic E-state index is -4.07. The molecule has 0 fully saturated rings. The molecule has 790 valence electrons. The predicted octanol–water partition coefficient (Wildman–Crippen LogP) is 27.5. The van der Waals surface area contributed by atoms with E-state index in [-0.39, 0.29) is 74.0 Å². The molecule has 0 bridgehead atoms. The van der Waals surface area contributed by atoms with Crippen LogP contribution in [0.1, 0.15) is 313 Å². The summed E-state index contributed by atoms with van der Waals surface area (Å²) in [4.78, 5) is 96.2. The number of allylic oxidation sites excluding steroid dienone is 10. The summed E-state index contributed by atoms with van der Waals surface area (Å²) in [6, 6.07) is 46.6. The second-order valence-electron chi connectivity index (χ2n) is 35.0. The van der Waals surface area contributed by atoms with Gasteiger partial charge in [0.2, 0.25) is 19.7 Å². The molecule has 0 radical (unpaired) electrons. The van der Waals surface area contributed by atoms with Crippen LogP contribution in [0.2, 0.25) is 0 Å². The molecule has 5 rings (SSSR count). The molecule has 0 aliphatic heterocycles. The normalized spacial score (nSPS) is 11.9. The second-order valence-corrected chi connectivity index (χ2v) is 38.8. The number of ether oxygens (including phenoxy) is 6. The van der Waals surface area contributed by atoms with E-state index < -0.39 is 55.5 Å². The molecule has 0 saturated heterocycles. The van der Waals surface area contributed by atoms with Crippen molar-refractivity contribution in [2.24, 2.45) is 0 Å². The van der Waals surface area contributed by atoms with Crippen molar-refractivity contribution in [2.75, 3.05) is 84.8 Å². The number of nitrogens with zero attached hydrogens (tertiary/aromatic N) is 6. The highest BCUT2D eigenvalue weighted by atomic mass is 32.2. The molecule has 0 amide bonds. The molecule has 0 N–H and O–H groups in total. The Kier molecular flexibility index (Phi) is 75.8. The molecule has 143 heavy (non-hydrogen) atoms. The van der Waals surface area contributed by atoms with Gasteiger partial charge < -0.3 is 52.9 Å². The third-order valence-corrected chi connectivity index (χ3v) is 26.0. The van der Waals surface area contributed by atoms with E-state index >= 15 is 0 Å². The maximum atomic E-state index is 13.4. The largest absolute Gasteiger partial charge is 0.462 e. The highest BCUT2D eigenvalue weighted by Crippen LogP contribution is 2.28. The fourth-order valence-electron chi connectivity index (χ4n) is 14.1. The number of anilines is 2. The Labute approximate surface area is 861 Å². The molecule has 0 unspecified atom stereocenters. The van der Waals surface area contributed by atoms with Crippen LogP contribution in [-0.2, 0) is 76.9 Å². The van der Waals surface area contributed by atoms with Gasteiger partial charge >= 0.3 is 35.8 Å². The first-order valence-electron chi connectivity index (χ1n) is 52.5. The molecule has 0 aliphatic carbocycles. The van der Waals surface area contributed by atoms with Crippen LogP contribution in [0.25, 0.3) is 0 Å². The average Bonchev–Trinajstić information content (AvgIpc) is 0.806. The van der Waals surface area contributed by atoms with Crippen molar-refractivity contribution in [3.8, 4) is 6.07 Å². The zero-order valence-electron chi connectivity index (χ0n) is 89.4. The van der Waals surface area contributed by atoms with Crippen LogP contribution in [0.3, 0.4) is 0 Å². The first-order chi connectivity index (χ1) is 69.1. The van der Waals surface area contributed by atoms with E-state index in [0.29, 0.717) is 31.8 Å². The standard InChI is InChI=1S/C31H35NO4S.C25H39NO4S.C23H33NO3.C20H35NO4.C19H32N2O2/c1-2-3-4-5-6-16-26-36-31(33)30(37(34,35)29-22-14-9-15-23-29)24-17-25-32(27-18-10-7-11-19-27)28-20-12-8-13-21-28;1-6-7-8-9-10-14-20-30-25(27)24(18-15-19-26(21(2)3)22(4)5)31(28,29)23-16-12-11-13-17-23;1-4-5-6-7-8-9-13-19-27-23(26)21(17-14-18-24(2)3)22(25)20-15-11-10-12-16-20;1-5-9-10-11-12-13-17-25-20(23)18(19(22)24-8-4)15-14-16-21(6-2)7-3;1-4-7-8-9-10-11-12-16-23-19(22)18(17-20)14-13-15-21(5-2)6-3/h7-15,17-25H,2-6,16,26H2,1H3;11-13,15-19,21-22H,6-10,14,20H2,1-5H3;10-12,14-18H,4-9,13,19H2,1-3H3;14-16H,5-13,17H2,1-4H3;13-15H,4-12,16H2,1-3H3/b25-17+,30-24-;19-15+,24-18-;18-14+,21-17+;16-14+,18-15+;15-13+,18-14+. The molecule has 0 atom stereocenters. The summed E-state index contributed by atoms with van der Waals surface area (Å²) < 4.78 is 84.4. The maximum Gasteiger partial charge on any atom is 0.350 e. The van der Waals surface area contributed by atoms with Gasteiger partial charge in [-0.05, 0) is 229 Å². The zero-order valence-corrected chi connectivity index (χ0v) is 91.0. The lowest BCUT2D eigenvalue weighted by Crippen LogP contribution is -2.31. The van der Waals surface area contributed by atoms with Crippen molar-refractivity contribution in [2.45, 2.75) is 324 Å². The van der Waals surface area contributed by atoms with E-state index in [1.54, 1.807) is 110 Å². The summed E-state index contributed by atoms with van der Waals surface area (Å²) >= 11 is 0. The fraction of sp³-hybridized carbons (Fsp3) is 0.508.